The first-order chi connectivity index (χ1) is 8.33. The van der Waals surface area contributed by atoms with Gasteiger partial charge in [0.25, 0.3) is 0 Å². The van der Waals surface area contributed by atoms with Crippen LogP contribution < -0.4 is 5.73 Å². The third kappa shape index (κ3) is 3.52. The summed E-state index contributed by atoms with van der Waals surface area (Å²) in [5.74, 6) is 0. The Hall–Kier alpha value is -0.420. The lowest BCUT2D eigenvalue weighted by molar-refractivity contribution is 0.0138. The molecule has 0 spiro atoms. The van der Waals surface area contributed by atoms with Crippen molar-refractivity contribution in [3.05, 3.63) is 22.4 Å². The van der Waals surface area contributed by atoms with Gasteiger partial charge in [0.2, 0.25) is 0 Å². The number of methoxy groups -OCH3 is 1. The Balaban J connectivity index is 1.83. The van der Waals surface area contributed by atoms with Gasteiger partial charge >= 0.3 is 0 Å². The highest BCUT2D eigenvalue weighted by molar-refractivity contribution is 7.07. The third-order valence-corrected chi connectivity index (χ3v) is 4.39. The van der Waals surface area contributed by atoms with Crippen molar-refractivity contribution in [3.8, 4) is 0 Å². The van der Waals surface area contributed by atoms with E-state index in [1.807, 2.05) is 0 Å². The average molecular weight is 254 g/mol. The lowest BCUT2D eigenvalue weighted by atomic mass is 9.99. The molecule has 1 aromatic rings. The molecule has 96 valence electrons. The summed E-state index contributed by atoms with van der Waals surface area (Å²) >= 11 is 1.77. The van der Waals surface area contributed by atoms with Crippen molar-refractivity contribution < 1.29 is 4.74 Å². The molecule has 0 bridgehead atoms. The van der Waals surface area contributed by atoms with Crippen LogP contribution in [-0.2, 0) is 11.2 Å². The van der Waals surface area contributed by atoms with Crippen molar-refractivity contribution in [2.75, 3.05) is 26.7 Å². The van der Waals surface area contributed by atoms with Crippen LogP contribution in [0.4, 0.5) is 0 Å². The molecule has 1 aliphatic heterocycles. The van der Waals surface area contributed by atoms with E-state index < -0.39 is 0 Å². The Kier molecular flexibility index (Phi) is 4.98. The molecule has 2 heterocycles. The number of rotatable bonds is 5. The summed E-state index contributed by atoms with van der Waals surface area (Å²) in [6.07, 6.45) is 3.76. The standard InChI is InChI=1S/C13H22N2OS/c1-16-13-3-6-15(12(8-13)9-14)5-2-11-4-7-17-10-11/h4,7,10,12-13H,2-3,5-6,8-9,14H2,1H3. The zero-order valence-electron chi connectivity index (χ0n) is 10.5. The van der Waals surface area contributed by atoms with Gasteiger partial charge in [-0.3, -0.25) is 4.90 Å². The van der Waals surface area contributed by atoms with E-state index in [2.05, 4.69) is 21.7 Å². The highest BCUT2D eigenvalue weighted by atomic mass is 32.1. The molecule has 2 N–H and O–H groups in total. The van der Waals surface area contributed by atoms with Gasteiger partial charge in [0.1, 0.15) is 0 Å². The van der Waals surface area contributed by atoms with Crippen LogP contribution in [-0.4, -0.2) is 43.8 Å². The fourth-order valence-corrected chi connectivity index (χ4v) is 3.23. The fourth-order valence-electron chi connectivity index (χ4n) is 2.52. The summed E-state index contributed by atoms with van der Waals surface area (Å²) in [4.78, 5) is 2.52. The Morgan fingerprint density at radius 1 is 1.59 bits per heavy atom. The Bertz CT molecular complexity index is 315. The normalized spacial score (nSPS) is 26.2. The molecular formula is C13H22N2OS. The van der Waals surface area contributed by atoms with E-state index in [1.165, 1.54) is 5.56 Å². The Morgan fingerprint density at radius 3 is 3.12 bits per heavy atom. The van der Waals surface area contributed by atoms with Crippen LogP contribution >= 0.6 is 11.3 Å². The highest BCUT2D eigenvalue weighted by Crippen LogP contribution is 2.19. The smallest absolute Gasteiger partial charge is 0.0599 e. The van der Waals surface area contributed by atoms with Crippen LogP contribution in [0.2, 0.25) is 0 Å². The summed E-state index contributed by atoms with van der Waals surface area (Å²) < 4.78 is 5.44. The van der Waals surface area contributed by atoms with Crippen LogP contribution in [0.1, 0.15) is 18.4 Å². The predicted octanol–water partition coefficient (Wildman–Crippen LogP) is 1.73. The van der Waals surface area contributed by atoms with Gasteiger partial charge in [-0.15, -0.1) is 0 Å². The van der Waals surface area contributed by atoms with Gasteiger partial charge in [-0.1, -0.05) is 0 Å². The Labute approximate surface area is 108 Å². The van der Waals surface area contributed by atoms with Gasteiger partial charge < -0.3 is 10.5 Å². The minimum Gasteiger partial charge on any atom is -0.381 e. The van der Waals surface area contributed by atoms with E-state index in [4.69, 9.17) is 10.5 Å². The van der Waals surface area contributed by atoms with E-state index in [1.54, 1.807) is 18.4 Å². The molecule has 1 saturated heterocycles. The highest BCUT2D eigenvalue weighted by Gasteiger charge is 2.26. The van der Waals surface area contributed by atoms with Crippen LogP contribution in [0.5, 0.6) is 0 Å². The molecule has 2 unspecified atom stereocenters. The van der Waals surface area contributed by atoms with Crippen LogP contribution in [0, 0.1) is 0 Å². The van der Waals surface area contributed by atoms with Crippen molar-refractivity contribution in [1.82, 2.24) is 4.90 Å². The maximum atomic E-state index is 5.86. The molecule has 1 aliphatic rings. The molecule has 0 aliphatic carbocycles. The number of hydrogen-bond donors (Lipinski definition) is 1. The molecule has 0 saturated carbocycles. The largest absolute Gasteiger partial charge is 0.381 e. The molecule has 3 nitrogen and oxygen atoms in total. The SMILES string of the molecule is COC1CCN(CCc2ccsc2)C(CN)C1. The van der Waals surface area contributed by atoms with Gasteiger partial charge in [-0.2, -0.15) is 11.3 Å². The number of ether oxygens (including phenoxy) is 1. The second kappa shape index (κ2) is 6.50. The average Bonchev–Trinajstić information content (AvgIpc) is 2.89. The van der Waals surface area contributed by atoms with Crippen LogP contribution in [0.15, 0.2) is 16.8 Å². The molecule has 2 atom stereocenters. The minimum absolute atomic E-state index is 0.404. The second-order valence-electron chi connectivity index (χ2n) is 4.69. The molecule has 0 radical (unpaired) electrons. The summed E-state index contributed by atoms with van der Waals surface area (Å²) in [5, 5.41) is 4.38. The van der Waals surface area contributed by atoms with Gasteiger partial charge in [-0.25, -0.2) is 0 Å². The predicted molar refractivity (Wildman–Crippen MR) is 72.5 cm³/mol. The first-order valence-electron chi connectivity index (χ1n) is 6.31. The molecule has 2 rings (SSSR count). The van der Waals surface area contributed by atoms with E-state index in [9.17, 15) is 0 Å². The number of piperidine rings is 1. The number of nitrogens with two attached hydrogens (primary N) is 1. The van der Waals surface area contributed by atoms with Crippen LogP contribution in [0.25, 0.3) is 0 Å². The van der Waals surface area contributed by atoms with Crippen molar-refractivity contribution in [2.24, 2.45) is 5.73 Å². The maximum Gasteiger partial charge on any atom is 0.0599 e. The summed E-state index contributed by atoms with van der Waals surface area (Å²) in [7, 11) is 1.80. The van der Waals surface area contributed by atoms with Crippen molar-refractivity contribution >= 4 is 11.3 Å². The topological polar surface area (TPSA) is 38.5 Å². The third-order valence-electron chi connectivity index (χ3n) is 3.66. The number of likely N-dealkylation sites (tertiary alicyclic amines) is 1. The van der Waals surface area contributed by atoms with E-state index >= 15 is 0 Å². The van der Waals surface area contributed by atoms with Gasteiger partial charge in [0.05, 0.1) is 6.10 Å². The first-order valence-corrected chi connectivity index (χ1v) is 7.25. The zero-order chi connectivity index (χ0) is 12.1. The van der Waals surface area contributed by atoms with Crippen molar-refractivity contribution in [2.45, 2.75) is 31.4 Å². The zero-order valence-corrected chi connectivity index (χ0v) is 11.3. The fraction of sp³-hybridized carbons (Fsp3) is 0.692. The van der Waals surface area contributed by atoms with Crippen molar-refractivity contribution in [3.63, 3.8) is 0 Å². The van der Waals surface area contributed by atoms with Crippen molar-refractivity contribution in [1.29, 1.82) is 0 Å². The lowest BCUT2D eigenvalue weighted by Crippen LogP contribution is -2.49. The number of nitrogens with zero attached hydrogens (tertiary/aromatic N) is 1. The molecule has 4 heteroatoms. The van der Waals surface area contributed by atoms with Gasteiger partial charge in [0, 0.05) is 32.8 Å². The quantitative estimate of drug-likeness (QED) is 0.869. The summed E-state index contributed by atoms with van der Waals surface area (Å²) in [6, 6.07) is 2.71. The molecule has 17 heavy (non-hydrogen) atoms. The van der Waals surface area contributed by atoms with E-state index in [0.717, 1.165) is 38.9 Å². The van der Waals surface area contributed by atoms with E-state index in [0.29, 0.717) is 12.1 Å². The Morgan fingerprint density at radius 2 is 2.47 bits per heavy atom. The van der Waals surface area contributed by atoms with Gasteiger partial charge in [-0.05, 0) is 41.7 Å². The summed E-state index contributed by atoms with van der Waals surface area (Å²) in [5.41, 5.74) is 7.31. The molecule has 0 aromatic carbocycles. The first kappa shape index (κ1) is 13.0. The maximum absolute atomic E-state index is 5.86. The molecule has 1 fully saturated rings. The second-order valence-corrected chi connectivity index (χ2v) is 5.47. The molecular weight excluding hydrogens is 232 g/mol. The molecule has 0 amide bonds. The number of hydrogen-bond acceptors (Lipinski definition) is 4. The van der Waals surface area contributed by atoms with E-state index in [-0.39, 0.29) is 0 Å². The minimum atomic E-state index is 0.404. The lowest BCUT2D eigenvalue weighted by Gasteiger charge is -2.38. The molecule has 1 aromatic heterocycles. The number of thiophene rings is 1. The van der Waals surface area contributed by atoms with Crippen LogP contribution in [0.3, 0.4) is 0 Å². The van der Waals surface area contributed by atoms with Gasteiger partial charge in [0.15, 0.2) is 0 Å². The monoisotopic (exact) mass is 254 g/mol. The summed E-state index contributed by atoms with van der Waals surface area (Å²) in [6.45, 7) is 2.98.